The van der Waals surface area contributed by atoms with E-state index in [2.05, 4.69) is 30.8 Å². The highest BCUT2D eigenvalue weighted by molar-refractivity contribution is 5.71. The van der Waals surface area contributed by atoms with Crippen LogP contribution in [0.5, 0.6) is 0 Å². The molecule has 1 fully saturated rings. The Labute approximate surface area is 103 Å². The van der Waals surface area contributed by atoms with E-state index in [0.717, 1.165) is 25.8 Å². The molecule has 0 bridgehead atoms. The average molecular weight is 235 g/mol. The van der Waals surface area contributed by atoms with Gasteiger partial charge in [0.05, 0.1) is 6.04 Å². The van der Waals surface area contributed by atoms with Crippen LogP contribution in [0.25, 0.3) is 0 Å². The Bertz CT molecular complexity index is 392. The van der Waals surface area contributed by atoms with E-state index in [9.17, 15) is 4.79 Å². The van der Waals surface area contributed by atoms with Gasteiger partial charge in [0, 0.05) is 18.3 Å². The number of aromatic nitrogens is 2. The lowest BCUT2D eigenvalue weighted by molar-refractivity contribution is 0.0772. The average Bonchev–Trinajstić information content (AvgIpc) is 2.76. The third-order valence-corrected chi connectivity index (χ3v) is 3.51. The van der Waals surface area contributed by atoms with E-state index in [1.54, 1.807) is 12.3 Å². The van der Waals surface area contributed by atoms with E-state index in [1.807, 2.05) is 4.68 Å². The van der Waals surface area contributed by atoms with E-state index in [0.29, 0.717) is 11.7 Å². The molecule has 1 saturated heterocycles. The summed E-state index contributed by atoms with van der Waals surface area (Å²) in [6.07, 6.45) is 4.87. The SMILES string of the molecule is CC(C)(C)N1CCCC(n2nccc2C=O)C1. The minimum Gasteiger partial charge on any atom is -0.296 e. The van der Waals surface area contributed by atoms with Gasteiger partial charge in [-0.25, -0.2) is 0 Å². The van der Waals surface area contributed by atoms with Gasteiger partial charge < -0.3 is 0 Å². The predicted molar refractivity (Wildman–Crippen MR) is 67.2 cm³/mol. The molecule has 0 spiro atoms. The van der Waals surface area contributed by atoms with Gasteiger partial charge in [0.15, 0.2) is 6.29 Å². The Morgan fingerprint density at radius 1 is 1.47 bits per heavy atom. The van der Waals surface area contributed by atoms with Gasteiger partial charge in [-0.2, -0.15) is 5.10 Å². The molecule has 17 heavy (non-hydrogen) atoms. The molecule has 0 N–H and O–H groups in total. The van der Waals surface area contributed by atoms with Gasteiger partial charge in [-0.15, -0.1) is 0 Å². The summed E-state index contributed by atoms with van der Waals surface area (Å²) in [7, 11) is 0. The zero-order valence-corrected chi connectivity index (χ0v) is 10.9. The highest BCUT2D eigenvalue weighted by Gasteiger charge is 2.29. The minimum absolute atomic E-state index is 0.188. The van der Waals surface area contributed by atoms with Crippen molar-refractivity contribution in [2.45, 2.75) is 45.2 Å². The number of hydrogen-bond donors (Lipinski definition) is 0. The molecule has 0 aliphatic carbocycles. The molecule has 2 rings (SSSR count). The van der Waals surface area contributed by atoms with E-state index in [4.69, 9.17) is 0 Å². The number of piperidine rings is 1. The molecule has 2 heterocycles. The van der Waals surface area contributed by atoms with E-state index < -0.39 is 0 Å². The van der Waals surface area contributed by atoms with Gasteiger partial charge in [0.2, 0.25) is 0 Å². The van der Waals surface area contributed by atoms with Crippen LogP contribution in [-0.2, 0) is 0 Å². The maximum atomic E-state index is 10.9. The third kappa shape index (κ3) is 2.57. The molecule has 1 aliphatic heterocycles. The van der Waals surface area contributed by atoms with Gasteiger partial charge in [0.1, 0.15) is 5.69 Å². The number of hydrogen-bond acceptors (Lipinski definition) is 3. The largest absolute Gasteiger partial charge is 0.296 e. The Morgan fingerprint density at radius 2 is 2.24 bits per heavy atom. The molecule has 0 amide bonds. The quantitative estimate of drug-likeness (QED) is 0.737. The summed E-state index contributed by atoms with van der Waals surface area (Å²) in [5, 5.41) is 4.29. The first kappa shape index (κ1) is 12.3. The number of rotatable bonds is 2. The van der Waals surface area contributed by atoms with Crippen molar-refractivity contribution in [1.82, 2.24) is 14.7 Å². The maximum Gasteiger partial charge on any atom is 0.168 e. The van der Waals surface area contributed by atoms with Gasteiger partial charge in [-0.1, -0.05) is 0 Å². The molecule has 1 unspecified atom stereocenters. The molecule has 4 nitrogen and oxygen atoms in total. The van der Waals surface area contributed by atoms with Crippen LogP contribution in [0.2, 0.25) is 0 Å². The number of nitrogens with zero attached hydrogens (tertiary/aromatic N) is 3. The second-order valence-corrected chi connectivity index (χ2v) is 5.73. The van der Waals surface area contributed by atoms with Crippen molar-refractivity contribution in [3.63, 3.8) is 0 Å². The first-order valence-corrected chi connectivity index (χ1v) is 6.26. The van der Waals surface area contributed by atoms with Crippen molar-refractivity contribution < 1.29 is 4.79 Å². The van der Waals surface area contributed by atoms with Crippen molar-refractivity contribution in [1.29, 1.82) is 0 Å². The lowest BCUT2D eigenvalue weighted by atomic mass is 9.98. The summed E-state index contributed by atoms with van der Waals surface area (Å²) < 4.78 is 1.88. The number of carbonyl (C=O) groups excluding carboxylic acids is 1. The van der Waals surface area contributed by atoms with Crippen molar-refractivity contribution in [3.05, 3.63) is 18.0 Å². The molecule has 1 aliphatic rings. The van der Waals surface area contributed by atoms with Gasteiger partial charge in [-0.3, -0.25) is 14.4 Å². The second kappa shape index (κ2) is 4.61. The highest BCUT2D eigenvalue weighted by atomic mass is 16.1. The molecule has 94 valence electrons. The first-order chi connectivity index (χ1) is 8.02. The topological polar surface area (TPSA) is 38.1 Å². The van der Waals surface area contributed by atoms with Gasteiger partial charge in [-0.05, 0) is 46.2 Å². The molecule has 0 saturated carbocycles. The summed E-state index contributed by atoms with van der Waals surface area (Å²) in [5.74, 6) is 0. The van der Waals surface area contributed by atoms with Crippen LogP contribution in [0.4, 0.5) is 0 Å². The second-order valence-electron chi connectivity index (χ2n) is 5.73. The molecule has 1 aromatic heterocycles. The molecule has 0 radical (unpaired) electrons. The summed E-state index contributed by atoms with van der Waals surface area (Å²) in [4.78, 5) is 13.4. The van der Waals surface area contributed by atoms with Crippen molar-refractivity contribution >= 4 is 6.29 Å². The standard InChI is InChI=1S/C13H21N3O/c1-13(2,3)15-8-4-5-11(9-15)16-12(10-17)6-7-14-16/h6-7,10-11H,4-5,8-9H2,1-3H3. The summed E-state index contributed by atoms with van der Waals surface area (Å²) in [5.41, 5.74) is 0.874. The molecule has 0 aromatic carbocycles. The van der Waals surface area contributed by atoms with Crippen molar-refractivity contribution in [2.75, 3.05) is 13.1 Å². The molecule has 1 aromatic rings. The summed E-state index contributed by atoms with van der Waals surface area (Å²) in [6.45, 7) is 8.82. The lowest BCUT2D eigenvalue weighted by Gasteiger charge is -2.41. The monoisotopic (exact) mass is 235 g/mol. The summed E-state index contributed by atoms with van der Waals surface area (Å²) in [6, 6.07) is 2.11. The highest BCUT2D eigenvalue weighted by Crippen LogP contribution is 2.26. The predicted octanol–water partition coefficient (Wildman–Crippen LogP) is 2.13. The van der Waals surface area contributed by atoms with Crippen LogP contribution in [0.15, 0.2) is 12.3 Å². The number of aldehydes is 1. The van der Waals surface area contributed by atoms with Crippen LogP contribution in [0, 0.1) is 0 Å². The van der Waals surface area contributed by atoms with Crippen LogP contribution < -0.4 is 0 Å². The zero-order valence-electron chi connectivity index (χ0n) is 10.9. The van der Waals surface area contributed by atoms with Crippen molar-refractivity contribution in [2.24, 2.45) is 0 Å². The van der Waals surface area contributed by atoms with E-state index in [-0.39, 0.29) is 5.54 Å². The maximum absolute atomic E-state index is 10.9. The molecule has 1 atom stereocenters. The molecule has 4 heteroatoms. The first-order valence-electron chi connectivity index (χ1n) is 6.26. The lowest BCUT2D eigenvalue weighted by Crippen LogP contribution is -2.47. The molecular formula is C13H21N3O. The minimum atomic E-state index is 0.188. The van der Waals surface area contributed by atoms with Gasteiger partial charge in [0.25, 0.3) is 0 Å². The Balaban J connectivity index is 2.15. The normalized spacial score (nSPS) is 22.6. The Morgan fingerprint density at radius 3 is 2.88 bits per heavy atom. The van der Waals surface area contributed by atoms with Crippen LogP contribution in [0.3, 0.4) is 0 Å². The van der Waals surface area contributed by atoms with Crippen LogP contribution >= 0.6 is 0 Å². The van der Waals surface area contributed by atoms with E-state index >= 15 is 0 Å². The van der Waals surface area contributed by atoms with Crippen LogP contribution in [-0.4, -0.2) is 39.6 Å². The summed E-state index contributed by atoms with van der Waals surface area (Å²) >= 11 is 0. The zero-order chi connectivity index (χ0) is 12.5. The van der Waals surface area contributed by atoms with Gasteiger partial charge >= 0.3 is 0 Å². The number of carbonyl (C=O) groups is 1. The third-order valence-electron chi connectivity index (χ3n) is 3.51. The Hall–Kier alpha value is -1.16. The Kier molecular flexibility index (Phi) is 3.33. The molecular weight excluding hydrogens is 214 g/mol. The smallest absolute Gasteiger partial charge is 0.168 e. The fourth-order valence-electron chi connectivity index (χ4n) is 2.49. The number of likely N-dealkylation sites (tertiary alicyclic amines) is 1. The fraction of sp³-hybridized carbons (Fsp3) is 0.692. The van der Waals surface area contributed by atoms with E-state index in [1.165, 1.54) is 6.42 Å². The van der Waals surface area contributed by atoms with Crippen LogP contribution in [0.1, 0.15) is 50.1 Å². The van der Waals surface area contributed by atoms with Crippen molar-refractivity contribution in [3.8, 4) is 0 Å². The fourth-order valence-corrected chi connectivity index (χ4v) is 2.49.